The van der Waals surface area contributed by atoms with Crippen LogP contribution in [0, 0.1) is 0 Å². The van der Waals surface area contributed by atoms with Gasteiger partial charge in [0, 0.05) is 43.8 Å². The van der Waals surface area contributed by atoms with Crippen LogP contribution < -0.4 is 5.56 Å². The molecule has 0 atom stereocenters. The number of aromatic nitrogens is 1. The molecule has 1 aromatic carbocycles. The average molecular weight is 392 g/mol. The number of H-pyrrole nitrogens is 1. The maximum atomic E-state index is 12.4. The normalized spacial score (nSPS) is 16.8. The van der Waals surface area contributed by atoms with E-state index in [1.54, 1.807) is 4.31 Å². The minimum atomic E-state index is -3.15. The van der Waals surface area contributed by atoms with Gasteiger partial charge in [-0.15, -0.1) is 0 Å². The van der Waals surface area contributed by atoms with Gasteiger partial charge in [0.25, 0.3) is 5.56 Å². The van der Waals surface area contributed by atoms with E-state index in [4.69, 9.17) is 0 Å². The molecule has 0 unspecified atom stereocenters. The van der Waals surface area contributed by atoms with E-state index < -0.39 is 10.0 Å². The van der Waals surface area contributed by atoms with Crippen LogP contribution in [-0.2, 0) is 23.0 Å². The fourth-order valence-electron chi connectivity index (χ4n) is 3.50. The van der Waals surface area contributed by atoms with E-state index >= 15 is 0 Å². The Hall–Kier alpha value is -1.70. The van der Waals surface area contributed by atoms with Gasteiger partial charge >= 0.3 is 0 Å². The summed E-state index contributed by atoms with van der Waals surface area (Å²) in [5.74, 6) is 0.230. The van der Waals surface area contributed by atoms with Crippen molar-refractivity contribution in [2.75, 3.05) is 31.9 Å². The number of piperazine rings is 1. The number of benzene rings is 1. The molecule has 0 bridgehead atoms. The summed E-state index contributed by atoms with van der Waals surface area (Å²) in [5.41, 5.74) is 2.77. The van der Waals surface area contributed by atoms with Crippen molar-refractivity contribution >= 4 is 20.9 Å². The van der Waals surface area contributed by atoms with Gasteiger partial charge in [-0.3, -0.25) is 9.69 Å². The summed E-state index contributed by atoms with van der Waals surface area (Å²) in [6.07, 6.45) is 2.54. The minimum Gasteiger partial charge on any atom is -0.322 e. The second-order valence-electron chi connectivity index (χ2n) is 7.24. The molecule has 27 heavy (non-hydrogen) atoms. The van der Waals surface area contributed by atoms with Crippen LogP contribution in [0.2, 0.25) is 0 Å². The van der Waals surface area contributed by atoms with Crippen LogP contribution >= 0.6 is 0 Å². The predicted molar refractivity (Wildman–Crippen MR) is 109 cm³/mol. The zero-order valence-electron chi connectivity index (χ0n) is 16.2. The monoisotopic (exact) mass is 391 g/mol. The van der Waals surface area contributed by atoms with Crippen molar-refractivity contribution in [3.63, 3.8) is 0 Å². The van der Waals surface area contributed by atoms with Gasteiger partial charge in [0.15, 0.2) is 0 Å². The van der Waals surface area contributed by atoms with Crippen molar-refractivity contribution < 1.29 is 8.42 Å². The average Bonchev–Trinajstić information content (AvgIpc) is 2.67. The van der Waals surface area contributed by atoms with Crippen molar-refractivity contribution in [2.45, 2.75) is 39.7 Å². The van der Waals surface area contributed by atoms with Gasteiger partial charge in [-0.05, 0) is 42.0 Å². The molecule has 2 aromatic rings. The third kappa shape index (κ3) is 4.78. The number of rotatable bonds is 7. The van der Waals surface area contributed by atoms with E-state index in [1.165, 1.54) is 5.56 Å². The summed E-state index contributed by atoms with van der Waals surface area (Å²) in [6.45, 7) is 6.95. The molecule has 1 aliphatic heterocycles. The van der Waals surface area contributed by atoms with Gasteiger partial charge in [-0.2, -0.15) is 4.31 Å². The molecule has 7 heteroatoms. The summed E-state index contributed by atoms with van der Waals surface area (Å²) in [4.78, 5) is 17.5. The smallest absolute Gasteiger partial charge is 0.252 e. The number of hydrogen-bond donors (Lipinski definition) is 1. The van der Waals surface area contributed by atoms with E-state index in [0.717, 1.165) is 29.3 Å². The van der Waals surface area contributed by atoms with Crippen LogP contribution in [0.4, 0.5) is 0 Å². The number of fused-ring (bicyclic) bond motifs is 1. The highest BCUT2D eigenvalue weighted by atomic mass is 32.2. The first-order valence-corrected chi connectivity index (χ1v) is 11.4. The lowest BCUT2D eigenvalue weighted by Gasteiger charge is -2.33. The number of unbranched alkanes of at least 4 members (excludes halogenated alkanes) is 1. The molecule has 6 nitrogen and oxygen atoms in total. The van der Waals surface area contributed by atoms with Crippen LogP contribution in [-0.4, -0.2) is 54.5 Å². The van der Waals surface area contributed by atoms with Gasteiger partial charge in [0.1, 0.15) is 0 Å². The van der Waals surface area contributed by atoms with E-state index in [2.05, 4.69) is 22.9 Å². The lowest BCUT2D eigenvalue weighted by atomic mass is 10.1. The Labute approximate surface area is 161 Å². The third-order valence-electron chi connectivity index (χ3n) is 5.27. The quantitative estimate of drug-likeness (QED) is 0.786. The Bertz CT molecular complexity index is 945. The Morgan fingerprint density at radius 1 is 1.07 bits per heavy atom. The Kier molecular flexibility index (Phi) is 6.34. The molecule has 1 N–H and O–H groups in total. The van der Waals surface area contributed by atoms with Gasteiger partial charge in [-0.25, -0.2) is 8.42 Å². The number of nitrogens with zero attached hydrogens (tertiary/aromatic N) is 2. The van der Waals surface area contributed by atoms with Crippen molar-refractivity contribution in [1.82, 2.24) is 14.2 Å². The third-order valence-corrected chi connectivity index (χ3v) is 7.22. The van der Waals surface area contributed by atoms with Gasteiger partial charge in [-0.1, -0.05) is 26.3 Å². The Morgan fingerprint density at radius 3 is 2.48 bits per heavy atom. The zero-order valence-corrected chi connectivity index (χ0v) is 17.0. The second-order valence-corrected chi connectivity index (χ2v) is 9.33. The molecule has 1 fully saturated rings. The number of aryl methyl sites for hydroxylation is 1. The van der Waals surface area contributed by atoms with Crippen molar-refractivity contribution in [2.24, 2.45) is 0 Å². The molecular weight excluding hydrogens is 362 g/mol. The number of aromatic amines is 1. The molecular formula is C20H29N3O3S. The summed E-state index contributed by atoms with van der Waals surface area (Å²) >= 11 is 0. The van der Waals surface area contributed by atoms with Crippen LogP contribution in [0.1, 0.15) is 37.8 Å². The van der Waals surface area contributed by atoms with Gasteiger partial charge < -0.3 is 4.98 Å². The lowest BCUT2D eigenvalue weighted by molar-refractivity contribution is 0.181. The highest BCUT2D eigenvalue weighted by molar-refractivity contribution is 7.89. The number of hydrogen-bond acceptors (Lipinski definition) is 4. The van der Waals surface area contributed by atoms with E-state index in [9.17, 15) is 13.2 Å². The zero-order chi connectivity index (χ0) is 19.4. The van der Waals surface area contributed by atoms with Crippen molar-refractivity contribution in [3.05, 3.63) is 45.7 Å². The first kappa shape index (κ1) is 20.0. The van der Waals surface area contributed by atoms with Crippen LogP contribution in [0.5, 0.6) is 0 Å². The summed E-state index contributed by atoms with van der Waals surface area (Å²) in [6, 6.07) is 8.08. The van der Waals surface area contributed by atoms with Crippen LogP contribution in [0.15, 0.2) is 29.1 Å². The standard InChI is InChI=1S/C20H29N3O3S/c1-3-5-12-27(25,26)23-10-8-22(9-11-23)15-18-14-17-13-16(4-2)6-7-19(17)21-20(18)24/h6-7,13-14H,3-5,8-12,15H2,1-2H3,(H,21,24). The van der Waals surface area contributed by atoms with Gasteiger partial charge in [0.05, 0.1) is 5.75 Å². The summed E-state index contributed by atoms with van der Waals surface area (Å²) < 4.78 is 26.2. The number of sulfonamides is 1. The number of pyridine rings is 1. The highest BCUT2D eigenvalue weighted by Crippen LogP contribution is 2.16. The molecule has 1 aromatic heterocycles. The van der Waals surface area contributed by atoms with E-state index in [0.29, 0.717) is 39.1 Å². The SMILES string of the molecule is CCCCS(=O)(=O)N1CCN(Cc2cc3cc(CC)ccc3[nH]c2=O)CC1. The molecule has 0 amide bonds. The molecule has 1 saturated heterocycles. The maximum Gasteiger partial charge on any atom is 0.252 e. The second kappa shape index (κ2) is 8.54. The number of nitrogens with one attached hydrogen (secondary N) is 1. The topological polar surface area (TPSA) is 73.5 Å². The highest BCUT2D eigenvalue weighted by Gasteiger charge is 2.26. The summed E-state index contributed by atoms with van der Waals surface area (Å²) in [5, 5.41) is 1.05. The Balaban J connectivity index is 1.68. The maximum absolute atomic E-state index is 12.4. The first-order valence-electron chi connectivity index (χ1n) is 9.78. The molecule has 0 aliphatic carbocycles. The molecule has 1 aliphatic rings. The first-order chi connectivity index (χ1) is 12.9. The van der Waals surface area contributed by atoms with Crippen molar-refractivity contribution in [1.29, 1.82) is 0 Å². The van der Waals surface area contributed by atoms with E-state index in [1.807, 2.05) is 25.1 Å². The molecule has 3 rings (SSSR count). The van der Waals surface area contributed by atoms with Crippen molar-refractivity contribution in [3.8, 4) is 0 Å². The van der Waals surface area contributed by atoms with Crippen LogP contribution in [0.25, 0.3) is 10.9 Å². The molecule has 0 radical (unpaired) electrons. The molecule has 148 valence electrons. The van der Waals surface area contributed by atoms with E-state index in [-0.39, 0.29) is 11.3 Å². The molecule has 0 spiro atoms. The lowest BCUT2D eigenvalue weighted by Crippen LogP contribution is -2.49. The fourth-order valence-corrected chi connectivity index (χ4v) is 5.13. The fraction of sp³-hybridized carbons (Fsp3) is 0.550. The minimum absolute atomic E-state index is 0.0651. The van der Waals surface area contributed by atoms with Gasteiger partial charge in [0.2, 0.25) is 10.0 Å². The van der Waals surface area contributed by atoms with Crippen LogP contribution in [0.3, 0.4) is 0 Å². The molecule has 2 heterocycles. The summed E-state index contributed by atoms with van der Waals surface area (Å²) in [7, 11) is -3.15. The molecule has 0 saturated carbocycles. The Morgan fingerprint density at radius 2 is 1.81 bits per heavy atom. The largest absolute Gasteiger partial charge is 0.322 e. The predicted octanol–water partition coefficient (Wildman–Crippen LogP) is 2.34.